The lowest BCUT2D eigenvalue weighted by Gasteiger charge is -2.04. The van der Waals surface area contributed by atoms with Gasteiger partial charge in [-0.1, -0.05) is 0 Å². The van der Waals surface area contributed by atoms with Gasteiger partial charge in [-0.2, -0.15) is 4.68 Å². The van der Waals surface area contributed by atoms with Crippen LogP contribution in [0.3, 0.4) is 0 Å². The van der Waals surface area contributed by atoms with Gasteiger partial charge in [-0.3, -0.25) is 13.9 Å². The van der Waals surface area contributed by atoms with Crippen molar-refractivity contribution in [2.75, 3.05) is 0 Å². The molecule has 0 amide bonds. The molecule has 0 N–H and O–H groups in total. The fourth-order valence-electron chi connectivity index (χ4n) is 2.99. The van der Waals surface area contributed by atoms with Crippen molar-refractivity contribution >= 4 is 22.5 Å². The molecule has 0 radical (unpaired) electrons. The second kappa shape index (κ2) is 6.71. The highest BCUT2D eigenvalue weighted by atomic mass is 32.1. The van der Waals surface area contributed by atoms with Gasteiger partial charge in [-0.15, -0.1) is 16.4 Å². The average molecular weight is 403 g/mol. The minimum Gasteiger partial charge on any atom is -0.390 e. The summed E-state index contributed by atoms with van der Waals surface area (Å²) in [6.07, 6.45) is 2.05. The van der Waals surface area contributed by atoms with Gasteiger partial charge in [0, 0.05) is 25.4 Å². The Hall–Kier alpha value is -3.28. The third-order valence-corrected chi connectivity index (χ3v) is 5.56. The van der Waals surface area contributed by atoms with Crippen LogP contribution in [0.15, 0.2) is 30.6 Å². The Morgan fingerprint density at radius 3 is 2.64 bits per heavy atom. The molecule has 4 rings (SSSR count). The first-order valence-electron chi connectivity index (χ1n) is 8.43. The highest BCUT2D eigenvalue weighted by molar-refractivity contribution is 7.09. The van der Waals surface area contributed by atoms with Crippen molar-refractivity contribution in [3.63, 3.8) is 0 Å². The lowest BCUT2D eigenvalue weighted by atomic mass is 10.3. The van der Waals surface area contributed by atoms with Crippen molar-refractivity contribution < 1.29 is 4.42 Å². The smallest absolute Gasteiger partial charge is 0.390 e. The van der Waals surface area contributed by atoms with Crippen LogP contribution in [0.5, 0.6) is 0 Å². The number of imidazole rings is 1. The third kappa shape index (κ3) is 2.91. The normalized spacial score (nSPS) is 11.5. The molecule has 0 spiro atoms. The number of thiazole rings is 1. The zero-order valence-corrected chi connectivity index (χ0v) is 16.3. The maximum Gasteiger partial charge on any atom is 0.437 e. The fraction of sp³-hybridized carbons (Fsp3) is 0.375. The topological polar surface area (TPSA) is 123 Å². The van der Waals surface area contributed by atoms with E-state index in [1.54, 1.807) is 5.51 Å². The lowest BCUT2D eigenvalue weighted by molar-refractivity contribution is 0.438. The molecule has 11 nitrogen and oxygen atoms in total. The average Bonchev–Trinajstić information content (AvgIpc) is 3.36. The van der Waals surface area contributed by atoms with Crippen LogP contribution in [0.25, 0.3) is 11.2 Å². The number of fused-ring (bicyclic) bond motifs is 1. The molecule has 146 valence electrons. The van der Waals surface area contributed by atoms with Gasteiger partial charge in [0.25, 0.3) is 5.56 Å². The maximum absolute atomic E-state index is 12.5. The van der Waals surface area contributed by atoms with Crippen molar-refractivity contribution in [1.82, 2.24) is 33.4 Å². The molecule has 0 saturated heterocycles. The van der Waals surface area contributed by atoms with Crippen LogP contribution in [0.2, 0.25) is 0 Å². The molecular weight excluding hydrogens is 386 g/mol. The maximum atomic E-state index is 12.5. The lowest BCUT2D eigenvalue weighted by Crippen LogP contribution is -2.37. The Morgan fingerprint density at radius 1 is 1.14 bits per heavy atom. The van der Waals surface area contributed by atoms with Gasteiger partial charge in [-0.25, -0.2) is 19.6 Å². The van der Waals surface area contributed by atoms with Gasteiger partial charge in [0.1, 0.15) is 6.54 Å². The van der Waals surface area contributed by atoms with Gasteiger partial charge in [-0.05, 0) is 6.92 Å². The molecule has 0 unspecified atom stereocenters. The van der Waals surface area contributed by atoms with Crippen LogP contribution in [0, 0.1) is 6.92 Å². The molecule has 4 heterocycles. The van der Waals surface area contributed by atoms with Gasteiger partial charge >= 0.3 is 11.4 Å². The van der Waals surface area contributed by atoms with E-state index in [0.717, 1.165) is 15.1 Å². The van der Waals surface area contributed by atoms with Crippen LogP contribution in [0.1, 0.15) is 16.5 Å². The number of rotatable bonds is 5. The minimum absolute atomic E-state index is 0.0474. The molecule has 4 aromatic rings. The van der Waals surface area contributed by atoms with E-state index in [1.807, 2.05) is 6.92 Å². The molecular formula is C16H17N7O4S. The monoisotopic (exact) mass is 403 g/mol. The van der Waals surface area contributed by atoms with Crippen LogP contribution < -0.4 is 17.0 Å². The van der Waals surface area contributed by atoms with Crippen LogP contribution in [-0.2, 0) is 33.6 Å². The van der Waals surface area contributed by atoms with E-state index >= 15 is 0 Å². The van der Waals surface area contributed by atoms with E-state index in [-0.39, 0.29) is 23.6 Å². The van der Waals surface area contributed by atoms with Crippen molar-refractivity contribution in [2.45, 2.75) is 26.4 Å². The van der Waals surface area contributed by atoms with E-state index in [2.05, 4.69) is 15.1 Å². The third-order valence-electron chi connectivity index (χ3n) is 4.57. The summed E-state index contributed by atoms with van der Waals surface area (Å²) in [5.74, 6) is -0.414. The standard InChI is InChI=1S/C16H17N7O4S/c1-9-10(28-8-18-9)4-5-23-16(26)27-11(19-23)6-22-7-17-13-12(22)14(24)21(3)15(25)20(13)2/h7-8H,4-6H2,1-3H3. The minimum atomic E-state index is -0.568. The van der Waals surface area contributed by atoms with Gasteiger partial charge < -0.3 is 8.98 Å². The molecule has 4 aromatic heterocycles. The highest BCUT2D eigenvalue weighted by Gasteiger charge is 2.17. The number of hydrogen-bond donors (Lipinski definition) is 0. The van der Waals surface area contributed by atoms with Crippen LogP contribution >= 0.6 is 11.3 Å². The van der Waals surface area contributed by atoms with Gasteiger partial charge in [0.15, 0.2) is 11.2 Å². The summed E-state index contributed by atoms with van der Waals surface area (Å²) in [5, 5.41) is 4.21. The van der Waals surface area contributed by atoms with Crippen molar-refractivity contribution in [2.24, 2.45) is 14.1 Å². The number of nitrogens with zero attached hydrogens (tertiary/aromatic N) is 7. The summed E-state index contributed by atoms with van der Waals surface area (Å²) in [6, 6.07) is 0. The van der Waals surface area contributed by atoms with E-state index in [1.165, 1.54) is 45.6 Å². The predicted octanol–water partition coefficient (Wildman–Crippen LogP) is -0.361. The van der Waals surface area contributed by atoms with Crippen molar-refractivity contribution in [1.29, 1.82) is 0 Å². The predicted molar refractivity (Wildman–Crippen MR) is 101 cm³/mol. The largest absolute Gasteiger partial charge is 0.437 e. The molecule has 0 bridgehead atoms. The molecule has 0 fully saturated rings. The summed E-state index contributed by atoms with van der Waals surface area (Å²) in [6.45, 7) is 2.33. The van der Waals surface area contributed by atoms with Crippen LogP contribution in [-0.4, -0.2) is 33.4 Å². The van der Waals surface area contributed by atoms with Gasteiger partial charge in [0.2, 0.25) is 5.89 Å². The Kier molecular flexibility index (Phi) is 4.34. The summed E-state index contributed by atoms with van der Waals surface area (Å²) >= 11 is 1.53. The second-order valence-electron chi connectivity index (χ2n) is 6.35. The summed E-state index contributed by atoms with van der Waals surface area (Å²) in [4.78, 5) is 46.0. The number of aromatic nitrogens is 7. The first kappa shape index (κ1) is 18.1. The van der Waals surface area contributed by atoms with Crippen LogP contribution in [0.4, 0.5) is 0 Å². The molecule has 28 heavy (non-hydrogen) atoms. The number of aryl methyl sites for hydroxylation is 4. The van der Waals surface area contributed by atoms with E-state index in [4.69, 9.17) is 4.42 Å². The summed E-state index contributed by atoms with van der Waals surface area (Å²) in [5.41, 5.74) is 2.26. The van der Waals surface area contributed by atoms with Crippen molar-refractivity contribution in [3.05, 3.63) is 59.7 Å². The Balaban J connectivity index is 1.64. The van der Waals surface area contributed by atoms with E-state index in [0.29, 0.717) is 13.0 Å². The SMILES string of the molecule is Cc1ncsc1CCn1nc(Cn2cnc3c2c(=O)n(C)c(=O)n3C)oc1=O. The Bertz CT molecular complexity index is 1350. The molecule has 12 heteroatoms. The number of hydrogen-bond acceptors (Lipinski definition) is 8. The molecule has 0 atom stereocenters. The zero-order valence-electron chi connectivity index (χ0n) is 15.4. The second-order valence-corrected chi connectivity index (χ2v) is 7.29. The van der Waals surface area contributed by atoms with Crippen molar-refractivity contribution in [3.8, 4) is 0 Å². The van der Waals surface area contributed by atoms with Gasteiger partial charge in [0.05, 0.1) is 24.1 Å². The molecule has 0 aliphatic rings. The fourth-order valence-corrected chi connectivity index (χ4v) is 3.76. The molecule has 0 aliphatic carbocycles. The summed E-state index contributed by atoms with van der Waals surface area (Å²) in [7, 11) is 2.94. The zero-order chi connectivity index (χ0) is 20.0. The molecule has 0 saturated carbocycles. The van der Waals surface area contributed by atoms with E-state index in [9.17, 15) is 14.4 Å². The quantitative estimate of drug-likeness (QED) is 0.446. The Morgan fingerprint density at radius 2 is 1.93 bits per heavy atom. The molecule has 0 aromatic carbocycles. The summed E-state index contributed by atoms with van der Waals surface area (Å²) < 4.78 is 10.3. The first-order valence-corrected chi connectivity index (χ1v) is 9.31. The Labute approximate surface area is 161 Å². The first-order chi connectivity index (χ1) is 13.4. The molecule has 0 aliphatic heterocycles. The highest BCUT2D eigenvalue weighted by Crippen LogP contribution is 2.13. The van der Waals surface area contributed by atoms with E-state index < -0.39 is 17.0 Å².